The predicted molar refractivity (Wildman–Crippen MR) is 52.1 cm³/mol. The van der Waals surface area contributed by atoms with E-state index in [1.165, 1.54) is 38.9 Å². The van der Waals surface area contributed by atoms with E-state index in [1.54, 1.807) is 0 Å². The van der Waals surface area contributed by atoms with Crippen LogP contribution in [0.15, 0.2) is 0 Å². The van der Waals surface area contributed by atoms with Crippen LogP contribution in [-0.4, -0.2) is 24.5 Å². The van der Waals surface area contributed by atoms with Gasteiger partial charge in [0.05, 0.1) is 0 Å². The number of hydrogen-bond donors (Lipinski definition) is 0. The highest BCUT2D eigenvalue weighted by molar-refractivity contribution is 4.84. The van der Waals surface area contributed by atoms with Gasteiger partial charge in [-0.25, -0.2) is 0 Å². The van der Waals surface area contributed by atoms with E-state index in [0.29, 0.717) is 0 Å². The second-order valence-electron chi connectivity index (χ2n) is 4.94. The van der Waals surface area contributed by atoms with E-state index in [4.69, 9.17) is 0 Å². The van der Waals surface area contributed by atoms with Crippen LogP contribution < -0.4 is 0 Å². The molecule has 2 fully saturated rings. The van der Waals surface area contributed by atoms with Crippen LogP contribution in [0.2, 0.25) is 0 Å². The van der Waals surface area contributed by atoms with Gasteiger partial charge in [0.25, 0.3) is 0 Å². The second kappa shape index (κ2) is 3.37. The van der Waals surface area contributed by atoms with Crippen LogP contribution in [0.5, 0.6) is 0 Å². The van der Waals surface area contributed by atoms with Crippen molar-refractivity contribution in [2.24, 2.45) is 17.8 Å². The molecular formula is C11H21N. The van der Waals surface area contributed by atoms with Crippen LogP contribution in [-0.2, 0) is 0 Å². The Labute approximate surface area is 76.1 Å². The summed E-state index contributed by atoms with van der Waals surface area (Å²) in [6, 6.07) is 0. The van der Waals surface area contributed by atoms with Gasteiger partial charge >= 0.3 is 0 Å². The standard InChI is InChI=1S/C11H21N/c1-3-10-5-11-4-9(2)6-12(7-10)8-11/h9-11H,3-8H2,1-2H3. The fourth-order valence-electron chi connectivity index (χ4n) is 3.13. The maximum Gasteiger partial charge on any atom is 0.00101 e. The van der Waals surface area contributed by atoms with Crippen LogP contribution in [0.3, 0.4) is 0 Å². The number of hydrogen-bond acceptors (Lipinski definition) is 1. The molecule has 0 N–H and O–H groups in total. The Balaban J connectivity index is 1.96. The highest BCUT2D eigenvalue weighted by Gasteiger charge is 2.31. The topological polar surface area (TPSA) is 3.24 Å². The molecule has 1 nitrogen and oxygen atoms in total. The summed E-state index contributed by atoms with van der Waals surface area (Å²) in [4.78, 5) is 2.69. The van der Waals surface area contributed by atoms with Gasteiger partial charge in [-0.2, -0.15) is 0 Å². The Bertz CT molecular complexity index is 137. The molecule has 4 unspecified atom stereocenters. The highest BCUT2D eigenvalue weighted by atomic mass is 15.1. The molecule has 0 aliphatic carbocycles. The Morgan fingerprint density at radius 1 is 1.17 bits per heavy atom. The van der Waals surface area contributed by atoms with Gasteiger partial charge in [0, 0.05) is 19.6 Å². The third kappa shape index (κ3) is 1.66. The number of fused-ring (bicyclic) bond motifs is 2. The molecule has 0 aromatic carbocycles. The lowest BCUT2D eigenvalue weighted by Crippen LogP contribution is -2.47. The smallest absolute Gasteiger partial charge is 0.00101 e. The zero-order chi connectivity index (χ0) is 8.55. The average molecular weight is 167 g/mol. The van der Waals surface area contributed by atoms with Crippen molar-refractivity contribution >= 4 is 0 Å². The van der Waals surface area contributed by atoms with Crippen LogP contribution in [0.4, 0.5) is 0 Å². The molecule has 2 aliphatic heterocycles. The van der Waals surface area contributed by atoms with Crippen molar-refractivity contribution in [3.8, 4) is 0 Å². The van der Waals surface area contributed by atoms with Crippen molar-refractivity contribution in [1.29, 1.82) is 0 Å². The monoisotopic (exact) mass is 167 g/mol. The maximum atomic E-state index is 2.69. The van der Waals surface area contributed by atoms with Gasteiger partial charge in [0.2, 0.25) is 0 Å². The zero-order valence-corrected chi connectivity index (χ0v) is 8.42. The lowest BCUT2D eigenvalue weighted by atomic mass is 9.79. The van der Waals surface area contributed by atoms with E-state index in [0.717, 1.165) is 17.8 Å². The number of nitrogens with zero attached hydrogens (tertiary/aromatic N) is 1. The van der Waals surface area contributed by atoms with E-state index in [9.17, 15) is 0 Å². The van der Waals surface area contributed by atoms with Crippen molar-refractivity contribution in [1.82, 2.24) is 4.90 Å². The van der Waals surface area contributed by atoms with E-state index in [2.05, 4.69) is 18.7 Å². The van der Waals surface area contributed by atoms with E-state index in [-0.39, 0.29) is 0 Å². The first-order chi connectivity index (χ1) is 5.78. The van der Waals surface area contributed by atoms with Crippen molar-refractivity contribution in [3.05, 3.63) is 0 Å². The molecule has 12 heavy (non-hydrogen) atoms. The molecule has 70 valence electrons. The molecule has 1 heteroatoms. The van der Waals surface area contributed by atoms with Crippen molar-refractivity contribution in [2.75, 3.05) is 19.6 Å². The van der Waals surface area contributed by atoms with Gasteiger partial charge in [0.15, 0.2) is 0 Å². The summed E-state index contributed by atoms with van der Waals surface area (Å²) in [5.74, 6) is 3.00. The van der Waals surface area contributed by atoms with Crippen molar-refractivity contribution < 1.29 is 0 Å². The molecule has 0 aromatic rings. The van der Waals surface area contributed by atoms with Gasteiger partial charge in [-0.15, -0.1) is 0 Å². The normalized spacial score (nSPS) is 47.5. The Kier molecular flexibility index (Phi) is 2.40. The average Bonchev–Trinajstić information content (AvgIpc) is 2.02. The quantitative estimate of drug-likeness (QED) is 0.579. The van der Waals surface area contributed by atoms with Gasteiger partial charge in [-0.1, -0.05) is 20.3 Å². The second-order valence-corrected chi connectivity index (χ2v) is 4.94. The summed E-state index contributed by atoms with van der Waals surface area (Å²) in [6.07, 6.45) is 4.39. The summed E-state index contributed by atoms with van der Waals surface area (Å²) in [5.41, 5.74) is 0. The van der Waals surface area contributed by atoms with Gasteiger partial charge in [-0.05, 0) is 30.6 Å². The van der Waals surface area contributed by atoms with Crippen molar-refractivity contribution in [2.45, 2.75) is 33.1 Å². The van der Waals surface area contributed by atoms with E-state index in [1.807, 2.05) is 0 Å². The Morgan fingerprint density at radius 3 is 2.67 bits per heavy atom. The van der Waals surface area contributed by atoms with Gasteiger partial charge in [0.1, 0.15) is 0 Å². The Hall–Kier alpha value is -0.0400. The summed E-state index contributed by atoms with van der Waals surface area (Å²) in [6.45, 7) is 8.91. The van der Waals surface area contributed by atoms with Crippen LogP contribution >= 0.6 is 0 Å². The first kappa shape index (κ1) is 8.55. The molecule has 0 aromatic heterocycles. The first-order valence-corrected chi connectivity index (χ1v) is 5.50. The minimum absolute atomic E-state index is 0.960. The van der Waals surface area contributed by atoms with E-state index < -0.39 is 0 Å². The molecule has 4 atom stereocenters. The SMILES string of the molecule is CCC1CC2CC(C)CN(C1)C2. The summed E-state index contributed by atoms with van der Waals surface area (Å²) in [5, 5.41) is 0. The van der Waals surface area contributed by atoms with E-state index >= 15 is 0 Å². The van der Waals surface area contributed by atoms with Crippen LogP contribution in [0, 0.1) is 17.8 Å². The first-order valence-electron chi connectivity index (χ1n) is 5.50. The molecule has 2 bridgehead atoms. The molecule has 2 aliphatic rings. The van der Waals surface area contributed by atoms with Gasteiger partial charge in [-0.3, -0.25) is 0 Å². The lowest BCUT2D eigenvalue weighted by Gasteiger charge is -2.44. The molecular weight excluding hydrogens is 146 g/mol. The molecule has 2 rings (SSSR count). The molecule has 2 heterocycles. The maximum absolute atomic E-state index is 2.69. The molecule has 0 saturated carbocycles. The fraction of sp³-hybridized carbons (Fsp3) is 1.00. The van der Waals surface area contributed by atoms with Gasteiger partial charge < -0.3 is 4.90 Å². The molecule has 2 saturated heterocycles. The lowest BCUT2D eigenvalue weighted by molar-refractivity contribution is 0.0526. The molecule has 0 radical (unpaired) electrons. The summed E-state index contributed by atoms with van der Waals surface area (Å²) in [7, 11) is 0. The summed E-state index contributed by atoms with van der Waals surface area (Å²) < 4.78 is 0. The minimum atomic E-state index is 0.960. The predicted octanol–water partition coefficient (Wildman–Crippen LogP) is 2.37. The van der Waals surface area contributed by atoms with Crippen LogP contribution in [0.1, 0.15) is 33.1 Å². The number of piperidine rings is 2. The highest BCUT2D eigenvalue weighted by Crippen LogP contribution is 2.33. The zero-order valence-electron chi connectivity index (χ0n) is 8.42. The minimum Gasteiger partial charge on any atom is -0.303 e. The van der Waals surface area contributed by atoms with Crippen LogP contribution in [0.25, 0.3) is 0 Å². The third-order valence-corrected chi connectivity index (χ3v) is 3.58. The Morgan fingerprint density at radius 2 is 2.00 bits per heavy atom. The third-order valence-electron chi connectivity index (χ3n) is 3.58. The molecule has 0 spiro atoms. The summed E-state index contributed by atoms with van der Waals surface area (Å²) >= 11 is 0. The largest absolute Gasteiger partial charge is 0.303 e. The fourth-order valence-corrected chi connectivity index (χ4v) is 3.13. The number of rotatable bonds is 1. The molecule has 0 amide bonds. The van der Waals surface area contributed by atoms with Crippen molar-refractivity contribution in [3.63, 3.8) is 0 Å².